The van der Waals surface area contributed by atoms with E-state index in [4.69, 9.17) is 37.3 Å². The van der Waals surface area contributed by atoms with Gasteiger partial charge in [-0.15, -0.1) is 20.5 Å². The fraction of sp³-hybridized carbons (Fsp3) is 0.632. The van der Waals surface area contributed by atoms with Crippen molar-refractivity contribution in [2.24, 2.45) is 0 Å². The van der Waals surface area contributed by atoms with Gasteiger partial charge in [-0.25, -0.2) is 46.9 Å². The summed E-state index contributed by atoms with van der Waals surface area (Å²) >= 11 is 0. The molecule has 1 radical (unpaired) electrons. The average molecular weight is 1350 g/mol. The standard InChI is InChI=1S/C26H40N12O6.6C2H6OS.2ClHO4.Cu/c39-25(33-21-1-5-23(6-2-21)37(41)42)31-13-15-35-17-27-9-11-29-19-36(20-30-12-10-28-18-35)16-14-32-26(40)34-22-3-7-24(8-4-22)38(43)44;6*1-4(2)3;2*2-1(3,4)5;/h1-8,27-30H,9-20H2,(H2,31,33,39)(H2,32,34,40);6*1-2H3;2*(H,2,3,4,5);/q;;;;;;;;;+2/p-2. The van der Waals surface area contributed by atoms with Gasteiger partial charge in [-0.3, -0.25) is 55.3 Å². The zero-order chi connectivity index (χ0) is 62.0. The van der Waals surface area contributed by atoms with Crippen molar-refractivity contribution in [3.63, 3.8) is 0 Å². The van der Waals surface area contributed by atoms with E-state index in [1.807, 2.05) is 0 Å². The van der Waals surface area contributed by atoms with Gasteiger partial charge in [0.15, 0.2) is 0 Å². The third kappa shape index (κ3) is 101. The molecule has 3 rings (SSSR count). The predicted molar refractivity (Wildman–Crippen MR) is 285 cm³/mol. The monoisotopic (exact) mass is 1350 g/mol. The average Bonchev–Trinajstić information content (AvgIpc) is 3.23. The zero-order valence-electron chi connectivity index (χ0n) is 45.6. The number of nitro groups is 2. The fourth-order valence-electron chi connectivity index (χ4n) is 4.07. The number of amides is 4. The maximum absolute atomic E-state index is 12.2. The molecule has 4 amide bonds. The second-order valence-electron chi connectivity index (χ2n) is 15.0. The molecule has 79 heavy (non-hydrogen) atoms. The summed E-state index contributed by atoms with van der Waals surface area (Å²) in [6.07, 6.45) is 19.7. The van der Waals surface area contributed by atoms with Crippen molar-refractivity contribution in [2.75, 3.05) is 165 Å². The number of nitrogens with zero attached hydrogens (tertiary/aromatic N) is 4. The van der Waals surface area contributed by atoms with Gasteiger partial charge in [0.25, 0.3) is 11.4 Å². The molecule has 0 unspecified atom stereocenters. The zero-order valence-corrected chi connectivity index (χ0v) is 52.9. The first-order valence-corrected chi connectivity index (χ1v) is 35.6. The Morgan fingerprint density at radius 2 is 0.633 bits per heavy atom. The van der Waals surface area contributed by atoms with Crippen molar-refractivity contribution in [2.45, 2.75) is 0 Å². The van der Waals surface area contributed by atoms with Gasteiger partial charge in [0.2, 0.25) is 0 Å². The third-order valence-electron chi connectivity index (χ3n) is 6.40. The summed E-state index contributed by atoms with van der Waals surface area (Å²) in [4.78, 5) is 49.2. The van der Waals surface area contributed by atoms with Gasteiger partial charge < -0.3 is 42.5 Å². The van der Waals surface area contributed by atoms with Crippen LogP contribution in [0.15, 0.2) is 48.5 Å². The maximum atomic E-state index is 12.2. The molecule has 0 bridgehead atoms. The summed E-state index contributed by atoms with van der Waals surface area (Å²) in [7, 11) is -13.6. The Balaban J connectivity index is -0.000000239. The maximum Gasteiger partial charge on any atom is 2.00 e. The van der Waals surface area contributed by atoms with Crippen LogP contribution in [-0.4, -0.2) is 211 Å². The second kappa shape index (κ2) is 57.1. The number of carbonyl (C=O) groups excluding carboxylic acids is 2. The van der Waals surface area contributed by atoms with E-state index in [0.717, 1.165) is 26.2 Å². The van der Waals surface area contributed by atoms with E-state index in [9.17, 15) is 55.1 Å². The molecular formula is C38H76Cl2CuN12O20S6. The molecule has 1 heterocycles. The van der Waals surface area contributed by atoms with Crippen LogP contribution < -0.4 is 79.8 Å². The number of non-ortho nitro benzene ring substituents is 2. The summed E-state index contributed by atoms with van der Waals surface area (Å²) < 4.78 is 125. The van der Waals surface area contributed by atoms with Crippen LogP contribution in [0.1, 0.15) is 0 Å². The van der Waals surface area contributed by atoms with Gasteiger partial charge in [0, 0.05) is 255 Å². The van der Waals surface area contributed by atoms with Crippen molar-refractivity contribution in [3.8, 4) is 0 Å². The first-order chi connectivity index (χ1) is 35.7. The minimum absolute atomic E-state index is 0. The van der Waals surface area contributed by atoms with Crippen molar-refractivity contribution in [1.29, 1.82) is 0 Å². The van der Waals surface area contributed by atoms with Gasteiger partial charge >= 0.3 is 29.1 Å². The molecule has 0 aromatic heterocycles. The minimum Gasteiger partial charge on any atom is -0.337 e. The molecule has 0 saturated carbocycles. The molecule has 41 heteroatoms. The fourth-order valence-corrected chi connectivity index (χ4v) is 4.07. The molecule has 1 aliphatic heterocycles. The summed E-state index contributed by atoms with van der Waals surface area (Å²) in [5, 5.41) is 46.0. The van der Waals surface area contributed by atoms with Crippen molar-refractivity contribution < 1.29 is 120 Å². The van der Waals surface area contributed by atoms with Crippen LogP contribution in [0.4, 0.5) is 32.3 Å². The van der Waals surface area contributed by atoms with Crippen LogP contribution in [0.3, 0.4) is 0 Å². The summed E-state index contributed by atoms with van der Waals surface area (Å²) in [5.41, 5.74) is 0.849. The summed E-state index contributed by atoms with van der Waals surface area (Å²) in [6, 6.07) is 10.5. The van der Waals surface area contributed by atoms with Crippen LogP contribution in [0.25, 0.3) is 0 Å². The summed E-state index contributed by atoms with van der Waals surface area (Å²) in [6.45, 7) is 7.39. The van der Waals surface area contributed by atoms with Crippen molar-refractivity contribution in [3.05, 3.63) is 68.8 Å². The minimum atomic E-state index is -4.94. The Labute approximate surface area is 491 Å². The number of hydrogen-bond acceptors (Lipinski definition) is 26. The largest absolute Gasteiger partial charge is 2.00 e. The SMILES string of the molecule is CS(C)=O.CS(C)=O.CS(C)=O.CS(C)=O.CS(C)=O.CS(C)=O.O=C(NCCN1CNCCNCN(CCNC(=O)Nc2ccc([N+](=O)[O-])cc2)CNCCNC1)Nc1ccc([N+](=O)[O-])cc1.[Cu+2].[O-][Cl+3]([O-])([O-])[O-].[O-][Cl+3]([O-])([O-])[O-]. The van der Waals surface area contributed by atoms with E-state index in [2.05, 4.69) is 52.3 Å². The number of urea groups is 2. The number of anilines is 2. The van der Waals surface area contributed by atoms with E-state index in [1.165, 1.54) is 48.5 Å². The number of halogens is 2. The van der Waals surface area contributed by atoms with Gasteiger partial charge in [0.1, 0.15) is 0 Å². The number of nitro benzene ring substituents is 2. The smallest absolute Gasteiger partial charge is 0.337 e. The first kappa shape index (κ1) is 90.0. The first-order valence-electron chi connectivity index (χ1n) is 21.3. The molecule has 1 fully saturated rings. The Morgan fingerprint density at radius 3 is 0.797 bits per heavy atom. The third-order valence-corrected chi connectivity index (χ3v) is 6.40. The molecule has 8 N–H and O–H groups in total. The van der Waals surface area contributed by atoms with Gasteiger partial charge in [0.05, 0.1) is 9.85 Å². The predicted octanol–water partition coefficient (Wildman–Crippen LogP) is -9.29. The molecule has 32 nitrogen and oxygen atoms in total. The van der Waals surface area contributed by atoms with E-state index in [1.54, 1.807) is 75.1 Å². The molecule has 0 atom stereocenters. The van der Waals surface area contributed by atoms with Crippen LogP contribution in [0, 0.1) is 40.7 Å². The molecule has 2 aromatic rings. The molecular weight excluding hydrogens is 1270 g/mol. The Hall–Kier alpha value is -2.78. The normalized spacial score (nSPS) is 13.0. The number of nitrogens with one attached hydrogen (secondary N) is 8. The Kier molecular flexibility index (Phi) is 65.0. The van der Waals surface area contributed by atoms with E-state index < -0.39 is 95.1 Å². The van der Waals surface area contributed by atoms with Crippen molar-refractivity contribution >= 4 is 99.6 Å². The van der Waals surface area contributed by atoms with Crippen LogP contribution in [0.5, 0.6) is 0 Å². The molecule has 0 aliphatic carbocycles. The molecule has 469 valence electrons. The van der Waals surface area contributed by atoms with Crippen LogP contribution >= 0.6 is 0 Å². The number of carbonyl (C=O) groups is 2. The number of rotatable bonds is 10. The number of hydrogen-bond donors (Lipinski definition) is 8. The van der Waals surface area contributed by atoms with Gasteiger partial charge in [-0.2, -0.15) is 0 Å². The van der Waals surface area contributed by atoms with E-state index in [0.29, 0.717) is 64.2 Å². The van der Waals surface area contributed by atoms with E-state index >= 15 is 0 Å². The van der Waals surface area contributed by atoms with Gasteiger partial charge in [-0.05, 0) is 24.3 Å². The molecule has 1 aliphatic rings. The Morgan fingerprint density at radius 1 is 0.456 bits per heavy atom. The second-order valence-corrected chi connectivity index (χ2v) is 25.4. The van der Waals surface area contributed by atoms with E-state index in [-0.39, 0.29) is 40.5 Å². The Bertz CT molecular complexity index is 1800. The summed E-state index contributed by atoms with van der Waals surface area (Å²) in [5.74, 6) is 0. The van der Waals surface area contributed by atoms with Crippen LogP contribution in [0.2, 0.25) is 0 Å². The molecule has 2 aromatic carbocycles. The van der Waals surface area contributed by atoms with Crippen molar-refractivity contribution in [1.82, 2.24) is 41.7 Å². The quantitative estimate of drug-likeness (QED) is 0.0622. The van der Waals surface area contributed by atoms with Gasteiger partial charge in [-0.1, -0.05) is 0 Å². The van der Waals surface area contributed by atoms with Crippen LogP contribution in [-0.2, 0) is 81.9 Å². The molecule has 0 spiro atoms. The number of benzene rings is 2. The topological polar surface area (TPSA) is 510 Å². The molecule has 1 saturated heterocycles.